The van der Waals surface area contributed by atoms with Gasteiger partial charge in [0.25, 0.3) is 0 Å². The van der Waals surface area contributed by atoms with Gasteiger partial charge in [-0.2, -0.15) is 0 Å². The summed E-state index contributed by atoms with van der Waals surface area (Å²) in [6.45, 7) is 5.62. The number of Topliss-reactive ketones (excluding diaryl/α,β-unsaturated/α-hetero) is 1. The first kappa shape index (κ1) is 13.0. The minimum atomic E-state index is 0.393. The molecule has 4 nitrogen and oxygen atoms in total. The second-order valence-corrected chi connectivity index (χ2v) is 5.09. The topological polar surface area (TPSA) is 41.6 Å². The average molecular weight is 240 g/mol. The maximum absolute atomic E-state index is 11.8. The first-order valence-corrected chi connectivity index (χ1v) is 6.91. The lowest BCUT2D eigenvalue weighted by Gasteiger charge is -2.26. The standard InChI is InChI=1S/C13H24N2O2/c16-12(11-15-8-6-14-7-9-15)3-1-4-13-5-2-10-17-13/h13-14H,1-11H2. The van der Waals surface area contributed by atoms with Gasteiger partial charge in [0.05, 0.1) is 12.6 Å². The molecule has 0 radical (unpaired) electrons. The molecule has 0 amide bonds. The first-order chi connectivity index (χ1) is 8.34. The van der Waals surface area contributed by atoms with Crippen LogP contribution in [0.5, 0.6) is 0 Å². The number of hydrogen-bond donors (Lipinski definition) is 1. The number of piperazine rings is 1. The number of ketones is 1. The van der Waals surface area contributed by atoms with Crippen LogP contribution in [0.4, 0.5) is 0 Å². The third-order valence-electron chi connectivity index (χ3n) is 3.62. The molecule has 1 N–H and O–H groups in total. The van der Waals surface area contributed by atoms with Gasteiger partial charge in [-0.1, -0.05) is 0 Å². The summed E-state index contributed by atoms with van der Waals surface area (Å²) in [5, 5.41) is 3.30. The lowest BCUT2D eigenvalue weighted by Crippen LogP contribution is -2.45. The van der Waals surface area contributed by atoms with Crippen LogP contribution < -0.4 is 5.32 Å². The molecule has 2 rings (SSSR count). The molecule has 2 fully saturated rings. The van der Waals surface area contributed by atoms with Crippen LogP contribution in [0, 0.1) is 0 Å². The lowest BCUT2D eigenvalue weighted by atomic mass is 10.1. The summed E-state index contributed by atoms with van der Waals surface area (Å²) < 4.78 is 5.55. The van der Waals surface area contributed by atoms with Gasteiger partial charge in [0.2, 0.25) is 0 Å². The number of rotatable bonds is 6. The van der Waals surface area contributed by atoms with Crippen LogP contribution >= 0.6 is 0 Å². The highest BCUT2D eigenvalue weighted by atomic mass is 16.5. The van der Waals surface area contributed by atoms with Gasteiger partial charge in [0.1, 0.15) is 5.78 Å². The first-order valence-electron chi connectivity index (χ1n) is 6.91. The zero-order valence-corrected chi connectivity index (χ0v) is 10.6. The lowest BCUT2D eigenvalue weighted by molar-refractivity contribution is -0.120. The number of hydrogen-bond acceptors (Lipinski definition) is 4. The number of nitrogens with zero attached hydrogens (tertiary/aromatic N) is 1. The predicted octanol–water partition coefficient (Wildman–Crippen LogP) is 0.810. The van der Waals surface area contributed by atoms with Gasteiger partial charge in [-0.3, -0.25) is 9.69 Å². The van der Waals surface area contributed by atoms with E-state index in [4.69, 9.17) is 4.74 Å². The fourth-order valence-corrected chi connectivity index (χ4v) is 2.60. The van der Waals surface area contributed by atoms with E-state index in [-0.39, 0.29) is 0 Å². The Balaban J connectivity index is 1.53. The van der Waals surface area contributed by atoms with E-state index in [1.807, 2.05) is 0 Å². The summed E-state index contributed by atoms with van der Waals surface area (Å²) in [6, 6.07) is 0. The molecular formula is C13H24N2O2. The van der Waals surface area contributed by atoms with Crippen molar-refractivity contribution in [1.82, 2.24) is 10.2 Å². The summed E-state index contributed by atoms with van der Waals surface area (Å²) in [4.78, 5) is 14.0. The van der Waals surface area contributed by atoms with Gasteiger partial charge in [-0.25, -0.2) is 0 Å². The van der Waals surface area contributed by atoms with Crippen LogP contribution in [0.2, 0.25) is 0 Å². The van der Waals surface area contributed by atoms with Gasteiger partial charge in [0, 0.05) is 39.2 Å². The van der Waals surface area contributed by atoms with Crippen molar-refractivity contribution in [2.45, 2.75) is 38.2 Å². The summed E-state index contributed by atoms with van der Waals surface area (Å²) in [7, 11) is 0. The van der Waals surface area contributed by atoms with Crippen molar-refractivity contribution in [3.05, 3.63) is 0 Å². The van der Waals surface area contributed by atoms with Gasteiger partial charge in [-0.15, -0.1) is 0 Å². The fourth-order valence-electron chi connectivity index (χ4n) is 2.60. The van der Waals surface area contributed by atoms with E-state index in [1.165, 1.54) is 12.8 Å². The predicted molar refractivity (Wildman–Crippen MR) is 67.1 cm³/mol. The molecule has 1 atom stereocenters. The molecule has 98 valence electrons. The Morgan fingerprint density at radius 3 is 2.88 bits per heavy atom. The number of carbonyl (C=O) groups is 1. The highest BCUT2D eigenvalue weighted by Crippen LogP contribution is 2.17. The molecule has 0 aromatic heterocycles. The molecule has 0 bridgehead atoms. The van der Waals surface area contributed by atoms with Crippen molar-refractivity contribution in [1.29, 1.82) is 0 Å². The van der Waals surface area contributed by atoms with Crippen molar-refractivity contribution >= 4 is 5.78 Å². The van der Waals surface area contributed by atoms with E-state index in [0.717, 1.165) is 52.0 Å². The SMILES string of the molecule is O=C(CCCC1CCCO1)CN1CCNCC1. The van der Waals surface area contributed by atoms with E-state index in [2.05, 4.69) is 10.2 Å². The van der Waals surface area contributed by atoms with Crippen LogP contribution in [0.25, 0.3) is 0 Å². The molecule has 0 aromatic carbocycles. The zero-order valence-electron chi connectivity index (χ0n) is 10.6. The third-order valence-corrected chi connectivity index (χ3v) is 3.62. The van der Waals surface area contributed by atoms with E-state index >= 15 is 0 Å². The van der Waals surface area contributed by atoms with Crippen LogP contribution in [0.1, 0.15) is 32.1 Å². The average Bonchev–Trinajstić information content (AvgIpc) is 2.83. The molecule has 0 aromatic rings. The molecule has 0 saturated carbocycles. The number of carbonyl (C=O) groups excluding carboxylic acids is 1. The van der Waals surface area contributed by atoms with Crippen molar-refractivity contribution in [2.75, 3.05) is 39.3 Å². The smallest absolute Gasteiger partial charge is 0.146 e. The van der Waals surface area contributed by atoms with E-state index in [9.17, 15) is 4.79 Å². The Kier molecular flexibility index (Phi) is 5.42. The maximum atomic E-state index is 11.8. The highest BCUT2D eigenvalue weighted by Gasteiger charge is 2.17. The summed E-state index contributed by atoms with van der Waals surface area (Å²) in [5.41, 5.74) is 0. The normalized spacial score (nSPS) is 26.2. The molecule has 2 aliphatic heterocycles. The van der Waals surface area contributed by atoms with E-state index in [0.29, 0.717) is 18.4 Å². The Morgan fingerprint density at radius 1 is 1.35 bits per heavy atom. The molecule has 1 unspecified atom stereocenters. The van der Waals surface area contributed by atoms with Crippen LogP contribution in [-0.4, -0.2) is 56.1 Å². The van der Waals surface area contributed by atoms with Crippen molar-refractivity contribution in [2.24, 2.45) is 0 Å². The quantitative estimate of drug-likeness (QED) is 0.746. The van der Waals surface area contributed by atoms with Crippen LogP contribution in [0.3, 0.4) is 0 Å². The monoisotopic (exact) mass is 240 g/mol. The summed E-state index contributed by atoms with van der Waals surface area (Å²) >= 11 is 0. The van der Waals surface area contributed by atoms with Crippen molar-refractivity contribution in [3.8, 4) is 0 Å². The molecule has 0 aliphatic carbocycles. The fraction of sp³-hybridized carbons (Fsp3) is 0.923. The van der Waals surface area contributed by atoms with Gasteiger partial charge >= 0.3 is 0 Å². The molecular weight excluding hydrogens is 216 g/mol. The summed E-state index contributed by atoms with van der Waals surface area (Å²) in [5.74, 6) is 0.393. The molecule has 2 saturated heterocycles. The maximum Gasteiger partial charge on any atom is 0.146 e. The Hall–Kier alpha value is -0.450. The molecule has 4 heteroatoms. The molecule has 17 heavy (non-hydrogen) atoms. The third kappa shape index (κ3) is 4.74. The molecule has 2 heterocycles. The summed E-state index contributed by atoms with van der Waals surface area (Å²) in [6.07, 6.45) is 5.60. The second-order valence-electron chi connectivity index (χ2n) is 5.09. The molecule has 2 aliphatic rings. The Labute approximate surface area is 104 Å². The van der Waals surface area contributed by atoms with Crippen molar-refractivity contribution < 1.29 is 9.53 Å². The zero-order chi connectivity index (χ0) is 11.9. The molecule has 0 spiro atoms. The minimum absolute atomic E-state index is 0.393. The Morgan fingerprint density at radius 2 is 2.18 bits per heavy atom. The van der Waals surface area contributed by atoms with Gasteiger partial charge < -0.3 is 10.1 Å². The van der Waals surface area contributed by atoms with Crippen LogP contribution in [0.15, 0.2) is 0 Å². The van der Waals surface area contributed by atoms with Crippen molar-refractivity contribution in [3.63, 3.8) is 0 Å². The van der Waals surface area contributed by atoms with E-state index < -0.39 is 0 Å². The van der Waals surface area contributed by atoms with Gasteiger partial charge in [-0.05, 0) is 25.7 Å². The highest BCUT2D eigenvalue weighted by molar-refractivity contribution is 5.80. The van der Waals surface area contributed by atoms with Crippen LogP contribution in [-0.2, 0) is 9.53 Å². The number of nitrogens with one attached hydrogen (secondary N) is 1. The minimum Gasteiger partial charge on any atom is -0.378 e. The Bertz CT molecular complexity index is 234. The van der Waals surface area contributed by atoms with Gasteiger partial charge in [0.15, 0.2) is 0 Å². The number of ether oxygens (including phenoxy) is 1. The second kappa shape index (κ2) is 7.09. The van der Waals surface area contributed by atoms with E-state index in [1.54, 1.807) is 0 Å². The largest absolute Gasteiger partial charge is 0.378 e.